The van der Waals surface area contributed by atoms with Gasteiger partial charge >= 0.3 is 0 Å². The van der Waals surface area contributed by atoms with Gasteiger partial charge in [-0.1, -0.05) is 0 Å². The number of carbonyl (C=O) groups is 1. The number of ether oxygens (including phenoxy) is 1. The van der Waals surface area contributed by atoms with Crippen molar-refractivity contribution in [3.63, 3.8) is 0 Å². The van der Waals surface area contributed by atoms with Crippen LogP contribution in [0.15, 0.2) is 36.8 Å². The maximum Gasteiger partial charge on any atom is 0.228 e. The Hall–Kier alpha value is -2.67. The van der Waals surface area contributed by atoms with Gasteiger partial charge in [0.15, 0.2) is 0 Å². The summed E-state index contributed by atoms with van der Waals surface area (Å²) in [4.78, 5) is 15.3. The number of amides is 1. The number of benzene rings is 1. The van der Waals surface area contributed by atoms with Gasteiger partial charge in [0, 0.05) is 29.9 Å². The van der Waals surface area contributed by atoms with Gasteiger partial charge in [0.05, 0.1) is 31.0 Å². The van der Waals surface area contributed by atoms with E-state index in [-0.39, 0.29) is 24.2 Å². The van der Waals surface area contributed by atoms with Crippen LogP contribution in [0.25, 0.3) is 10.9 Å². The summed E-state index contributed by atoms with van der Waals surface area (Å²) in [6.45, 7) is 1.51. The SMILES string of the molecule is O=C(Cc1c[nH]c2cc(F)ccc12)Nc1cnn(C[C@H]2CCCO2)c1. The number of halogens is 1. The molecule has 0 unspecified atom stereocenters. The van der Waals surface area contributed by atoms with E-state index in [2.05, 4.69) is 15.4 Å². The average Bonchev–Trinajstić information content (AvgIpc) is 3.31. The smallest absolute Gasteiger partial charge is 0.228 e. The molecule has 2 aromatic heterocycles. The molecule has 1 aromatic carbocycles. The number of anilines is 1. The topological polar surface area (TPSA) is 71.9 Å². The van der Waals surface area contributed by atoms with Crippen molar-refractivity contribution < 1.29 is 13.9 Å². The molecule has 1 aliphatic rings. The predicted molar refractivity (Wildman–Crippen MR) is 91.8 cm³/mol. The monoisotopic (exact) mass is 342 g/mol. The lowest BCUT2D eigenvalue weighted by Crippen LogP contribution is -2.15. The van der Waals surface area contributed by atoms with Gasteiger partial charge in [-0.15, -0.1) is 0 Å². The number of hydrogen-bond donors (Lipinski definition) is 2. The fourth-order valence-electron chi connectivity index (χ4n) is 3.21. The van der Waals surface area contributed by atoms with E-state index in [0.29, 0.717) is 17.7 Å². The highest BCUT2D eigenvalue weighted by Gasteiger charge is 2.17. The third kappa shape index (κ3) is 3.56. The molecule has 0 radical (unpaired) electrons. The standard InChI is InChI=1S/C18H19FN4O2/c19-13-3-4-16-12(8-20-17(16)7-13)6-18(24)22-14-9-21-23(10-14)11-15-2-1-5-25-15/h3-4,7-10,15,20H,1-2,5-6,11H2,(H,22,24)/t15-/m1/s1. The fourth-order valence-corrected chi connectivity index (χ4v) is 3.21. The summed E-state index contributed by atoms with van der Waals surface area (Å²) in [5.41, 5.74) is 2.18. The molecule has 2 N–H and O–H groups in total. The van der Waals surface area contributed by atoms with E-state index in [1.165, 1.54) is 12.1 Å². The van der Waals surface area contributed by atoms with Crippen molar-refractivity contribution in [2.75, 3.05) is 11.9 Å². The lowest BCUT2D eigenvalue weighted by molar-refractivity contribution is -0.115. The zero-order chi connectivity index (χ0) is 17.2. The number of carbonyl (C=O) groups excluding carboxylic acids is 1. The molecule has 1 amide bonds. The Balaban J connectivity index is 1.39. The molecular formula is C18H19FN4O2. The van der Waals surface area contributed by atoms with Gasteiger partial charge < -0.3 is 15.0 Å². The Morgan fingerprint density at radius 2 is 2.40 bits per heavy atom. The summed E-state index contributed by atoms with van der Waals surface area (Å²) in [6, 6.07) is 4.50. The van der Waals surface area contributed by atoms with Gasteiger partial charge in [0.25, 0.3) is 0 Å². The largest absolute Gasteiger partial charge is 0.376 e. The molecule has 0 aliphatic carbocycles. The van der Waals surface area contributed by atoms with Gasteiger partial charge in [0.2, 0.25) is 5.91 Å². The quantitative estimate of drug-likeness (QED) is 0.749. The number of aromatic amines is 1. The summed E-state index contributed by atoms with van der Waals surface area (Å²) in [5, 5.41) is 7.97. The molecule has 1 saturated heterocycles. The predicted octanol–water partition coefficient (Wildman–Crippen LogP) is 2.86. The lowest BCUT2D eigenvalue weighted by Gasteiger charge is -2.08. The second-order valence-corrected chi connectivity index (χ2v) is 6.31. The second kappa shape index (κ2) is 6.68. The first-order valence-corrected chi connectivity index (χ1v) is 8.37. The van der Waals surface area contributed by atoms with Gasteiger partial charge in [-0.2, -0.15) is 5.10 Å². The van der Waals surface area contributed by atoms with Crippen LogP contribution in [0.4, 0.5) is 10.1 Å². The molecule has 3 aromatic rings. The number of nitrogens with zero attached hydrogens (tertiary/aromatic N) is 2. The minimum Gasteiger partial charge on any atom is -0.376 e. The highest BCUT2D eigenvalue weighted by Crippen LogP contribution is 2.20. The van der Waals surface area contributed by atoms with Crippen molar-refractivity contribution in [2.24, 2.45) is 0 Å². The zero-order valence-electron chi connectivity index (χ0n) is 13.7. The molecule has 1 aliphatic heterocycles. The first-order valence-electron chi connectivity index (χ1n) is 8.37. The molecule has 7 heteroatoms. The zero-order valence-corrected chi connectivity index (χ0v) is 13.7. The van der Waals surface area contributed by atoms with E-state index in [9.17, 15) is 9.18 Å². The van der Waals surface area contributed by atoms with Crippen molar-refractivity contribution in [1.29, 1.82) is 0 Å². The van der Waals surface area contributed by atoms with Crippen LogP contribution in [0.5, 0.6) is 0 Å². The van der Waals surface area contributed by atoms with Crippen LogP contribution in [0, 0.1) is 5.82 Å². The van der Waals surface area contributed by atoms with Crippen LogP contribution >= 0.6 is 0 Å². The van der Waals surface area contributed by atoms with Crippen LogP contribution in [0.3, 0.4) is 0 Å². The van der Waals surface area contributed by atoms with Gasteiger partial charge in [0.1, 0.15) is 5.82 Å². The Morgan fingerprint density at radius 3 is 3.24 bits per heavy atom. The average molecular weight is 342 g/mol. The highest BCUT2D eigenvalue weighted by molar-refractivity contribution is 5.95. The number of rotatable bonds is 5. The molecule has 0 spiro atoms. The van der Waals surface area contributed by atoms with Crippen LogP contribution in [0.1, 0.15) is 18.4 Å². The van der Waals surface area contributed by atoms with Crippen LogP contribution < -0.4 is 5.32 Å². The van der Waals surface area contributed by atoms with Crippen molar-refractivity contribution in [1.82, 2.24) is 14.8 Å². The summed E-state index contributed by atoms with van der Waals surface area (Å²) in [6.07, 6.45) is 7.73. The first-order chi connectivity index (χ1) is 12.2. The molecule has 3 heterocycles. The molecule has 0 bridgehead atoms. The lowest BCUT2D eigenvalue weighted by atomic mass is 10.1. The maximum atomic E-state index is 13.2. The van der Waals surface area contributed by atoms with Crippen molar-refractivity contribution in [2.45, 2.75) is 31.9 Å². The number of hydrogen-bond acceptors (Lipinski definition) is 3. The Kier molecular flexibility index (Phi) is 4.23. The highest BCUT2D eigenvalue weighted by atomic mass is 19.1. The minimum atomic E-state index is -0.302. The fraction of sp³-hybridized carbons (Fsp3) is 0.333. The second-order valence-electron chi connectivity index (χ2n) is 6.31. The number of fused-ring (bicyclic) bond motifs is 1. The summed E-state index contributed by atoms with van der Waals surface area (Å²) >= 11 is 0. The van der Waals surface area contributed by atoms with E-state index in [1.807, 2.05) is 6.20 Å². The first kappa shape index (κ1) is 15.8. The third-order valence-electron chi connectivity index (χ3n) is 4.41. The molecule has 1 fully saturated rings. The van der Waals surface area contributed by atoms with Gasteiger partial charge in [-0.25, -0.2) is 4.39 Å². The molecule has 0 saturated carbocycles. The van der Waals surface area contributed by atoms with Crippen LogP contribution in [-0.4, -0.2) is 33.4 Å². The van der Waals surface area contributed by atoms with E-state index in [0.717, 1.165) is 30.4 Å². The molecular weight excluding hydrogens is 323 g/mol. The van der Waals surface area contributed by atoms with Gasteiger partial charge in [-0.05, 0) is 36.6 Å². The van der Waals surface area contributed by atoms with Gasteiger partial charge in [-0.3, -0.25) is 9.48 Å². The molecule has 1 atom stereocenters. The molecule has 4 rings (SSSR count). The minimum absolute atomic E-state index is 0.137. The Morgan fingerprint density at radius 1 is 1.48 bits per heavy atom. The van der Waals surface area contributed by atoms with Crippen LogP contribution in [0.2, 0.25) is 0 Å². The molecule has 25 heavy (non-hydrogen) atoms. The van der Waals surface area contributed by atoms with E-state index in [4.69, 9.17) is 4.74 Å². The number of nitrogens with one attached hydrogen (secondary N) is 2. The summed E-state index contributed by atoms with van der Waals surface area (Å²) < 4.78 is 20.6. The van der Waals surface area contributed by atoms with Crippen molar-refractivity contribution in [3.8, 4) is 0 Å². The Bertz CT molecular complexity index is 896. The summed E-state index contributed by atoms with van der Waals surface area (Å²) in [7, 11) is 0. The van der Waals surface area contributed by atoms with E-state index < -0.39 is 0 Å². The molecule has 130 valence electrons. The van der Waals surface area contributed by atoms with E-state index >= 15 is 0 Å². The number of H-pyrrole nitrogens is 1. The normalized spacial score (nSPS) is 17.2. The third-order valence-corrected chi connectivity index (χ3v) is 4.41. The van der Waals surface area contributed by atoms with Crippen molar-refractivity contribution >= 4 is 22.5 Å². The number of aromatic nitrogens is 3. The van der Waals surface area contributed by atoms with Crippen molar-refractivity contribution in [3.05, 3.63) is 48.2 Å². The summed E-state index contributed by atoms with van der Waals surface area (Å²) in [5.74, 6) is -0.439. The maximum absolute atomic E-state index is 13.2. The van der Waals surface area contributed by atoms with E-state index in [1.54, 1.807) is 23.1 Å². The van der Waals surface area contributed by atoms with Crippen LogP contribution in [-0.2, 0) is 22.5 Å². The Labute approximate surface area is 144 Å². The molecule has 6 nitrogen and oxygen atoms in total.